The van der Waals surface area contributed by atoms with Gasteiger partial charge in [0.1, 0.15) is 11.5 Å². The smallest absolute Gasteiger partial charge is 0.411 e. The van der Waals surface area contributed by atoms with Gasteiger partial charge in [-0.1, -0.05) is 41.9 Å². The topological polar surface area (TPSA) is 139 Å². The fourth-order valence-corrected chi connectivity index (χ4v) is 2.89. The molecule has 1 amide bonds. The Morgan fingerprint density at radius 3 is 2.52 bits per heavy atom. The molecule has 0 radical (unpaired) electrons. The Bertz CT molecular complexity index is 873. The highest BCUT2D eigenvalue weighted by Crippen LogP contribution is 2.34. The zero-order valence-electron chi connectivity index (χ0n) is 12.7. The van der Waals surface area contributed by atoms with E-state index in [2.05, 4.69) is 5.32 Å². The molecule has 0 saturated heterocycles. The van der Waals surface area contributed by atoms with E-state index in [0.29, 0.717) is 0 Å². The number of anilines is 1. The van der Waals surface area contributed by atoms with Gasteiger partial charge in [-0.2, -0.15) is 8.42 Å². The van der Waals surface area contributed by atoms with Crippen LogP contribution in [0.25, 0.3) is 0 Å². The highest BCUT2D eigenvalue weighted by molar-refractivity contribution is 7.86. The van der Waals surface area contributed by atoms with Crippen LogP contribution in [0, 0.1) is 0 Å². The number of carbonyl (C=O) groups excluding carboxylic acids is 1. The standard InChI is InChI=1S/C15H15ClN2O6S/c16-10-6-12(14(19)13(7-10)25(21,22)23)18-15(20)24-8-11(17)9-4-2-1-3-5-9/h1-7,11,19H,8,17H2,(H,18,20)(H,21,22,23)/t11-/m1/s1. The minimum Gasteiger partial charge on any atom is -0.504 e. The van der Waals surface area contributed by atoms with Crippen molar-refractivity contribution in [3.05, 3.63) is 53.1 Å². The maximum Gasteiger partial charge on any atom is 0.411 e. The molecule has 1 atom stereocenters. The number of nitrogens with one attached hydrogen (secondary N) is 1. The highest BCUT2D eigenvalue weighted by atomic mass is 35.5. The van der Waals surface area contributed by atoms with E-state index in [1.54, 1.807) is 24.3 Å². The van der Waals surface area contributed by atoms with Crippen LogP contribution in [0.4, 0.5) is 10.5 Å². The Morgan fingerprint density at radius 1 is 1.28 bits per heavy atom. The number of hydrogen-bond acceptors (Lipinski definition) is 6. The Morgan fingerprint density at radius 2 is 1.92 bits per heavy atom. The number of nitrogens with two attached hydrogens (primary N) is 1. The van der Waals surface area contributed by atoms with Gasteiger partial charge in [-0.3, -0.25) is 9.87 Å². The lowest BCUT2D eigenvalue weighted by Crippen LogP contribution is -2.22. The first-order valence-electron chi connectivity index (χ1n) is 6.93. The van der Waals surface area contributed by atoms with Gasteiger partial charge in [0.2, 0.25) is 0 Å². The molecular weight excluding hydrogens is 372 g/mol. The van der Waals surface area contributed by atoms with E-state index < -0.39 is 32.9 Å². The number of hydrogen-bond donors (Lipinski definition) is 4. The second-order valence-electron chi connectivity index (χ2n) is 5.02. The zero-order chi connectivity index (χ0) is 18.6. The first-order valence-corrected chi connectivity index (χ1v) is 8.74. The monoisotopic (exact) mass is 386 g/mol. The molecule has 2 aromatic carbocycles. The predicted octanol–water partition coefficient (Wildman–Crippen LogP) is 2.54. The molecule has 25 heavy (non-hydrogen) atoms. The summed E-state index contributed by atoms with van der Waals surface area (Å²) in [5.41, 5.74) is 6.31. The molecule has 2 rings (SSSR count). The number of aromatic hydroxyl groups is 1. The number of benzene rings is 2. The molecule has 0 spiro atoms. The lowest BCUT2D eigenvalue weighted by atomic mass is 10.1. The first kappa shape index (κ1) is 19.0. The van der Waals surface area contributed by atoms with Crippen molar-refractivity contribution < 1.29 is 27.6 Å². The summed E-state index contributed by atoms with van der Waals surface area (Å²) in [6.07, 6.45) is -0.981. The minimum absolute atomic E-state index is 0.123. The Labute approximate surface area is 148 Å². The van der Waals surface area contributed by atoms with Gasteiger partial charge in [0.25, 0.3) is 10.1 Å². The van der Waals surface area contributed by atoms with Gasteiger partial charge in [0.05, 0.1) is 11.7 Å². The molecular formula is C15H15ClN2O6S. The largest absolute Gasteiger partial charge is 0.504 e. The van der Waals surface area contributed by atoms with Crippen LogP contribution in [0.15, 0.2) is 47.4 Å². The molecule has 0 heterocycles. The molecule has 0 aromatic heterocycles. The van der Waals surface area contributed by atoms with Crippen LogP contribution in [0.3, 0.4) is 0 Å². The molecule has 0 unspecified atom stereocenters. The quantitative estimate of drug-likeness (QED) is 0.457. The first-order chi connectivity index (χ1) is 11.7. The second-order valence-corrected chi connectivity index (χ2v) is 6.84. The molecule has 0 aliphatic heterocycles. The molecule has 0 saturated carbocycles. The van der Waals surface area contributed by atoms with Crippen molar-refractivity contribution >= 4 is 33.5 Å². The summed E-state index contributed by atoms with van der Waals surface area (Å²) < 4.78 is 36.4. The SMILES string of the molecule is N[C@H](COC(=O)Nc1cc(Cl)cc(S(=O)(=O)O)c1O)c1ccccc1. The van der Waals surface area contributed by atoms with Crippen LogP contribution in [0.2, 0.25) is 5.02 Å². The maximum atomic E-state index is 11.8. The summed E-state index contributed by atoms with van der Waals surface area (Å²) in [6, 6.07) is 10.3. The van der Waals surface area contributed by atoms with Gasteiger partial charge in [0.15, 0.2) is 5.75 Å². The van der Waals surface area contributed by atoms with Crippen LogP contribution in [0.1, 0.15) is 11.6 Å². The molecule has 2 aromatic rings. The average molecular weight is 387 g/mol. The number of ether oxygens (including phenoxy) is 1. The van der Waals surface area contributed by atoms with Gasteiger partial charge in [-0.05, 0) is 17.7 Å². The van der Waals surface area contributed by atoms with E-state index in [0.717, 1.165) is 17.7 Å². The van der Waals surface area contributed by atoms with Crippen LogP contribution in [-0.4, -0.2) is 30.8 Å². The van der Waals surface area contributed by atoms with Crippen molar-refractivity contribution in [2.45, 2.75) is 10.9 Å². The Hall–Kier alpha value is -2.33. The van der Waals surface area contributed by atoms with Crippen molar-refractivity contribution in [3.8, 4) is 5.75 Å². The predicted molar refractivity (Wildman–Crippen MR) is 91.3 cm³/mol. The van der Waals surface area contributed by atoms with Crippen molar-refractivity contribution in [1.29, 1.82) is 0 Å². The normalized spacial score (nSPS) is 12.4. The lowest BCUT2D eigenvalue weighted by molar-refractivity contribution is 0.154. The molecule has 0 bridgehead atoms. The third kappa shape index (κ3) is 5.07. The van der Waals surface area contributed by atoms with Gasteiger partial charge in [0, 0.05) is 5.02 Å². The molecule has 134 valence electrons. The van der Waals surface area contributed by atoms with Crippen molar-refractivity contribution in [3.63, 3.8) is 0 Å². The van der Waals surface area contributed by atoms with Gasteiger partial charge >= 0.3 is 6.09 Å². The van der Waals surface area contributed by atoms with Crippen LogP contribution in [0.5, 0.6) is 5.75 Å². The molecule has 0 aliphatic carbocycles. The summed E-state index contributed by atoms with van der Waals surface area (Å²) in [5.74, 6) is -0.865. The zero-order valence-corrected chi connectivity index (χ0v) is 14.3. The summed E-state index contributed by atoms with van der Waals surface area (Å²) in [6.45, 7) is -0.150. The van der Waals surface area contributed by atoms with Crippen molar-refractivity contribution in [2.24, 2.45) is 5.73 Å². The summed E-state index contributed by atoms with van der Waals surface area (Å²) in [4.78, 5) is 11.0. The number of amides is 1. The van der Waals surface area contributed by atoms with E-state index >= 15 is 0 Å². The molecule has 0 aliphatic rings. The van der Waals surface area contributed by atoms with E-state index in [4.69, 9.17) is 26.6 Å². The van der Waals surface area contributed by atoms with E-state index in [1.165, 1.54) is 0 Å². The molecule has 8 nitrogen and oxygen atoms in total. The van der Waals surface area contributed by atoms with Gasteiger partial charge in [-0.15, -0.1) is 0 Å². The Kier molecular flexibility index (Phi) is 5.85. The molecule has 10 heteroatoms. The second kappa shape index (κ2) is 7.70. The van der Waals surface area contributed by atoms with Crippen LogP contribution in [-0.2, 0) is 14.9 Å². The van der Waals surface area contributed by atoms with Crippen LogP contribution >= 0.6 is 11.6 Å². The number of halogens is 1. The van der Waals surface area contributed by atoms with E-state index in [-0.39, 0.29) is 17.3 Å². The lowest BCUT2D eigenvalue weighted by Gasteiger charge is -2.14. The Balaban J connectivity index is 2.07. The van der Waals surface area contributed by atoms with Crippen molar-refractivity contribution in [1.82, 2.24) is 0 Å². The third-order valence-electron chi connectivity index (χ3n) is 3.18. The molecule has 0 fully saturated rings. The van der Waals surface area contributed by atoms with E-state index in [9.17, 15) is 18.3 Å². The minimum atomic E-state index is -4.72. The fourth-order valence-electron chi connectivity index (χ4n) is 1.97. The maximum absolute atomic E-state index is 11.8. The fraction of sp³-hybridized carbons (Fsp3) is 0.133. The van der Waals surface area contributed by atoms with Gasteiger partial charge in [-0.25, -0.2) is 4.79 Å². The summed E-state index contributed by atoms with van der Waals surface area (Å²) in [7, 11) is -4.72. The number of rotatable bonds is 5. The number of phenolic OH excluding ortho intramolecular Hbond substituents is 1. The van der Waals surface area contributed by atoms with E-state index in [1.807, 2.05) is 6.07 Å². The van der Waals surface area contributed by atoms with Gasteiger partial charge < -0.3 is 15.6 Å². The number of carbonyl (C=O) groups is 1. The van der Waals surface area contributed by atoms with Crippen molar-refractivity contribution in [2.75, 3.05) is 11.9 Å². The third-order valence-corrected chi connectivity index (χ3v) is 4.26. The summed E-state index contributed by atoms with van der Waals surface area (Å²) in [5, 5.41) is 11.9. The van der Waals surface area contributed by atoms with Crippen LogP contribution < -0.4 is 11.1 Å². The molecule has 5 N–H and O–H groups in total. The highest BCUT2D eigenvalue weighted by Gasteiger charge is 2.21. The number of phenols is 1. The summed E-state index contributed by atoms with van der Waals surface area (Å²) >= 11 is 5.72. The average Bonchev–Trinajstić information content (AvgIpc) is 2.55.